The number of halogens is 3. The monoisotopic (exact) mass is 223 g/mol. The Morgan fingerprint density at radius 3 is 2.33 bits per heavy atom. The number of alkyl halides is 3. The van der Waals surface area contributed by atoms with Crippen molar-refractivity contribution < 1.29 is 27.6 Å². The molecule has 0 aliphatic heterocycles. The first kappa shape index (κ1) is 11.5. The Bertz CT molecular complexity index is 381. The Labute approximate surface area is 82.7 Å². The van der Waals surface area contributed by atoms with E-state index in [9.17, 15) is 18.0 Å². The summed E-state index contributed by atoms with van der Waals surface area (Å²) in [5.74, 6) is -3.49. The van der Waals surface area contributed by atoms with Gasteiger partial charge in [0, 0.05) is 5.56 Å². The molecule has 0 unspecified atom stereocenters. The normalized spacial score (nSPS) is 12.1. The molecule has 0 radical (unpaired) electrons. The smallest absolute Gasteiger partial charge is 0.452 e. The predicted molar refractivity (Wildman–Crippen MR) is 42.6 cm³/mol. The molecule has 0 saturated heterocycles. The summed E-state index contributed by atoms with van der Waals surface area (Å²) in [5, 5.41) is 11.5. The lowest BCUT2D eigenvalue weighted by Gasteiger charge is -2.07. The molecule has 1 aromatic heterocycles. The van der Waals surface area contributed by atoms with Crippen molar-refractivity contribution >= 4 is 5.97 Å². The first-order valence-electron chi connectivity index (χ1n) is 4.05. The van der Waals surface area contributed by atoms with Crippen molar-refractivity contribution in [3.63, 3.8) is 0 Å². The van der Waals surface area contributed by atoms with E-state index in [4.69, 9.17) is 5.11 Å². The van der Waals surface area contributed by atoms with Crippen LogP contribution in [0.5, 0.6) is 0 Å². The Hall–Kier alpha value is -1.53. The molecule has 15 heavy (non-hydrogen) atoms. The summed E-state index contributed by atoms with van der Waals surface area (Å²) in [4.78, 5) is 10.6. The largest absolute Gasteiger partial charge is 0.476 e. The third-order valence-corrected chi connectivity index (χ3v) is 1.77. The van der Waals surface area contributed by atoms with E-state index in [-0.39, 0.29) is 0 Å². The summed E-state index contributed by atoms with van der Waals surface area (Å²) in [6.45, 7) is 2.88. The number of carboxylic acids is 1. The maximum atomic E-state index is 12.4. The second-order valence-electron chi connectivity index (χ2n) is 3.23. The number of carboxylic acid groups (broad SMARTS) is 1. The van der Waals surface area contributed by atoms with Crippen LogP contribution in [0.4, 0.5) is 13.2 Å². The molecular formula is C8H8F3NO3. The summed E-state index contributed by atoms with van der Waals surface area (Å²) in [7, 11) is 0. The van der Waals surface area contributed by atoms with E-state index in [1.54, 1.807) is 0 Å². The van der Waals surface area contributed by atoms with Gasteiger partial charge >= 0.3 is 12.1 Å². The van der Waals surface area contributed by atoms with Crippen LogP contribution in [0.25, 0.3) is 0 Å². The number of carbonyl (C=O) groups is 1. The summed E-state index contributed by atoms with van der Waals surface area (Å²) in [5.41, 5.74) is -1.10. The van der Waals surface area contributed by atoms with Gasteiger partial charge in [0.2, 0.25) is 5.76 Å². The van der Waals surface area contributed by atoms with E-state index < -0.39 is 35.1 Å². The van der Waals surface area contributed by atoms with Gasteiger partial charge in [-0.25, -0.2) is 4.79 Å². The van der Waals surface area contributed by atoms with Gasteiger partial charge in [-0.15, -0.1) is 0 Å². The second-order valence-corrected chi connectivity index (χ2v) is 3.23. The fourth-order valence-corrected chi connectivity index (χ4v) is 1.19. The van der Waals surface area contributed by atoms with E-state index >= 15 is 0 Å². The van der Waals surface area contributed by atoms with Crippen LogP contribution < -0.4 is 0 Å². The second kappa shape index (κ2) is 3.56. The third kappa shape index (κ3) is 2.11. The van der Waals surface area contributed by atoms with Crippen molar-refractivity contribution in [3.05, 3.63) is 17.0 Å². The molecule has 4 nitrogen and oxygen atoms in total. The first-order chi connectivity index (χ1) is 6.75. The molecule has 0 atom stereocenters. The third-order valence-electron chi connectivity index (χ3n) is 1.77. The Morgan fingerprint density at radius 2 is 2.00 bits per heavy atom. The molecule has 0 spiro atoms. The number of aromatic nitrogens is 1. The van der Waals surface area contributed by atoms with E-state index in [0.29, 0.717) is 0 Å². The summed E-state index contributed by atoms with van der Waals surface area (Å²) in [6.07, 6.45) is -4.72. The minimum absolute atomic E-state index is 0.421. The van der Waals surface area contributed by atoms with Crippen LogP contribution in [-0.4, -0.2) is 16.2 Å². The van der Waals surface area contributed by atoms with E-state index in [1.807, 2.05) is 0 Å². The molecule has 7 heteroatoms. The summed E-state index contributed by atoms with van der Waals surface area (Å²) < 4.78 is 41.1. The van der Waals surface area contributed by atoms with Crippen molar-refractivity contribution in [2.45, 2.75) is 25.9 Å². The highest BCUT2D eigenvalue weighted by atomic mass is 19.4. The van der Waals surface area contributed by atoms with Crippen molar-refractivity contribution in [2.75, 3.05) is 0 Å². The average Bonchev–Trinajstić information content (AvgIpc) is 2.45. The van der Waals surface area contributed by atoms with Crippen LogP contribution in [0.1, 0.15) is 41.6 Å². The van der Waals surface area contributed by atoms with Crippen LogP contribution in [0.15, 0.2) is 4.52 Å². The van der Waals surface area contributed by atoms with Gasteiger partial charge in [-0.3, -0.25) is 0 Å². The maximum Gasteiger partial charge on any atom is 0.452 e. The molecule has 0 amide bonds. The minimum atomic E-state index is -4.72. The van der Waals surface area contributed by atoms with Crippen LogP contribution >= 0.6 is 0 Å². The highest BCUT2D eigenvalue weighted by molar-refractivity contribution is 5.87. The molecule has 1 N–H and O–H groups in total. The number of hydrogen-bond acceptors (Lipinski definition) is 3. The molecule has 0 saturated carbocycles. The highest BCUT2D eigenvalue weighted by Crippen LogP contribution is 2.36. The summed E-state index contributed by atoms with van der Waals surface area (Å²) >= 11 is 0. The number of aromatic carboxylic acids is 1. The zero-order valence-corrected chi connectivity index (χ0v) is 7.92. The Balaban J connectivity index is 3.37. The van der Waals surface area contributed by atoms with Gasteiger partial charge < -0.3 is 9.63 Å². The van der Waals surface area contributed by atoms with Crippen LogP contribution in [0.3, 0.4) is 0 Å². The van der Waals surface area contributed by atoms with Gasteiger partial charge in [0.1, 0.15) is 0 Å². The quantitative estimate of drug-likeness (QED) is 0.836. The van der Waals surface area contributed by atoms with Gasteiger partial charge in [-0.05, 0) is 5.92 Å². The molecule has 0 aromatic carbocycles. The van der Waals surface area contributed by atoms with E-state index in [2.05, 4.69) is 9.68 Å². The lowest BCUT2D eigenvalue weighted by Crippen LogP contribution is -2.10. The van der Waals surface area contributed by atoms with Gasteiger partial charge in [0.15, 0.2) is 5.69 Å². The van der Waals surface area contributed by atoms with Crippen molar-refractivity contribution in [3.8, 4) is 0 Å². The van der Waals surface area contributed by atoms with Crippen LogP contribution in [0, 0.1) is 0 Å². The lowest BCUT2D eigenvalue weighted by atomic mass is 10.0. The number of rotatable bonds is 2. The molecular weight excluding hydrogens is 215 g/mol. The van der Waals surface area contributed by atoms with E-state index in [0.717, 1.165) is 0 Å². The number of hydrogen-bond donors (Lipinski definition) is 1. The Morgan fingerprint density at radius 1 is 1.47 bits per heavy atom. The zero-order chi connectivity index (χ0) is 11.8. The van der Waals surface area contributed by atoms with Crippen molar-refractivity contribution in [1.29, 1.82) is 0 Å². The average molecular weight is 223 g/mol. The summed E-state index contributed by atoms with van der Waals surface area (Å²) in [6, 6.07) is 0. The van der Waals surface area contributed by atoms with E-state index in [1.165, 1.54) is 13.8 Å². The number of nitrogens with zero attached hydrogens (tertiary/aromatic N) is 1. The molecule has 0 fully saturated rings. The van der Waals surface area contributed by atoms with Gasteiger partial charge in [0.25, 0.3) is 0 Å². The van der Waals surface area contributed by atoms with Crippen molar-refractivity contribution in [1.82, 2.24) is 5.16 Å². The van der Waals surface area contributed by atoms with Crippen LogP contribution in [0.2, 0.25) is 0 Å². The molecule has 0 aliphatic carbocycles. The van der Waals surface area contributed by atoms with Gasteiger partial charge in [-0.1, -0.05) is 19.0 Å². The predicted octanol–water partition coefficient (Wildman–Crippen LogP) is 2.52. The SMILES string of the molecule is CC(C)c1c(C(=O)O)noc1C(F)(F)F. The van der Waals surface area contributed by atoms with Crippen molar-refractivity contribution in [2.24, 2.45) is 0 Å². The highest BCUT2D eigenvalue weighted by Gasteiger charge is 2.42. The fourth-order valence-electron chi connectivity index (χ4n) is 1.19. The minimum Gasteiger partial charge on any atom is -0.476 e. The lowest BCUT2D eigenvalue weighted by molar-refractivity contribution is -0.156. The van der Waals surface area contributed by atoms with Gasteiger partial charge in [0.05, 0.1) is 0 Å². The fraction of sp³-hybridized carbons (Fsp3) is 0.500. The molecule has 1 heterocycles. The Kier molecular flexibility index (Phi) is 2.74. The molecule has 0 bridgehead atoms. The van der Waals surface area contributed by atoms with Crippen LogP contribution in [-0.2, 0) is 6.18 Å². The molecule has 0 aliphatic rings. The standard InChI is InChI=1S/C8H8F3NO3/c1-3(2)4-5(7(13)14)12-15-6(4)8(9,10)11/h3H,1-2H3,(H,13,14). The molecule has 84 valence electrons. The zero-order valence-electron chi connectivity index (χ0n) is 7.92. The molecule has 1 aromatic rings. The molecule has 1 rings (SSSR count). The van der Waals surface area contributed by atoms with Gasteiger partial charge in [-0.2, -0.15) is 13.2 Å². The maximum absolute atomic E-state index is 12.4. The first-order valence-corrected chi connectivity index (χ1v) is 4.05. The topological polar surface area (TPSA) is 63.3 Å².